The lowest BCUT2D eigenvalue weighted by Gasteiger charge is -2.29. The van der Waals surface area contributed by atoms with Gasteiger partial charge in [0.1, 0.15) is 6.54 Å². The summed E-state index contributed by atoms with van der Waals surface area (Å²) in [5.41, 5.74) is 13.1. The van der Waals surface area contributed by atoms with E-state index >= 15 is 0 Å². The van der Waals surface area contributed by atoms with Crippen LogP contribution in [0, 0.1) is 7.14 Å². The minimum absolute atomic E-state index is 0.217. The molecule has 2 aliphatic heterocycles. The fourth-order valence-electron chi connectivity index (χ4n) is 10.9. The van der Waals surface area contributed by atoms with Gasteiger partial charge in [-0.25, -0.2) is 0 Å². The first kappa shape index (κ1) is 47.5. The molecule has 6 aromatic rings. The molecule has 1 N–H and O–H groups in total. The van der Waals surface area contributed by atoms with Crippen LogP contribution in [0.4, 0.5) is 22.7 Å². The van der Waals surface area contributed by atoms with E-state index in [4.69, 9.17) is 0 Å². The molecule has 6 nitrogen and oxygen atoms in total. The van der Waals surface area contributed by atoms with Crippen molar-refractivity contribution in [3.63, 3.8) is 0 Å². The number of unbranched alkanes of at least 4 members (excludes halogenated alkanes) is 3. The Morgan fingerprint density at radius 1 is 0.687 bits per heavy atom. The van der Waals surface area contributed by atoms with Gasteiger partial charge < -0.3 is 9.80 Å². The van der Waals surface area contributed by atoms with Crippen LogP contribution in [0.2, 0.25) is 0 Å². The summed E-state index contributed by atoms with van der Waals surface area (Å²) in [4.78, 5) is 4.86. The van der Waals surface area contributed by atoms with Gasteiger partial charge in [0, 0.05) is 66.0 Å². The van der Waals surface area contributed by atoms with Crippen LogP contribution < -0.4 is 9.80 Å². The number of nitrogens with zero attached hydrogens (tertiary/aromatic N) is 3. The number of hydrogen-bond donors (Lipinski definition) is 1. The molecule has 9 heteroatoms. The molecule has 0 aromatic heterocycles. The van der Waals surface area contributed by atoms with Crippen LogP contribution in [0.15, 0.2) is 168 Å². The first-order valence-electron chi connectivity index (χ1n) is 23.7. The van der Waals surface area contributed by atoms with E-state index in [-0.39, 0.29) is 16.6 Å². The average Bonchev–Trinajstić information content (AvgIpc) is 3.88. The van der Waals surface area contributed by atoms with Gasteiger partial charge in [0.15, 0.2) is 5.71 Å². The van der Waals surface area contributed by atoms with Crippen LogP contribution >= 0.6 is 45.2 Å². The molecule has 0 fully saturated rings. The lowest BCUT2D eigenvalue weighted by molar-refractivity contribution is -0.438. The second-order valence-corrected chi connectivity index (χ2v) is 23.3. The third kappa shape index (κ3) is 9.47. The molecule has 344 valence electrons. The van der Waals surface area contributed by atoms with Crippen molar-refractivity contribution in [2.45, 2.75) is 90.4 Å². The van der Waals surface area contributed by atoms with Crippen molar-refractivity contribution in [1.29, 1.82) is 0 Å². The molecule has 0 unspecified atom stereocenters. The van der Waals surface area contributed by atoms with Gasteiger partial charge in [0.05, 0.1) is 16.9 Å². The molecule has 2 heterocycles. The number of halogens is 2. The quantitative estimate of drug-likeness (QED) is 0.0480. The molecule has 9 rings (SSSR count). The summed E-state index contributed by atoms with van der Waals surface area (Å²) in [5.74, 6) is -0.245. The maximum absolute atomic E-state index is 11.8. The van der Waals surface area contributed by atoms with Crippen LogP contribution in [0.25, 0.3) is 21.5 Å². The summed E-state index contributed by atoms with van der Waals surface area (Å²) in [6.45, 7) is 13.3. The molecular weight excluding hydrogens is 1070 g/mol. The molecule has 6 aromatic carbocycles. The van der Waals surface area contributed by atoms with Crippen molar-refractivity contribution in [2.24, 2.45) is 0 Å². The lowest BCUT2D eigenvalue weighted by Crippen LogP contribution is -2.28. The van der Waals surface area contributed by atoms with E-state index in [1.165, 1.54) is 86.6 Å². The minimum Gasteiger partial charge on any atom is -0.344 e. The lowest BCUT2D eigenvalue weighted by atomic mass is 9.79. The summed E-state index contributed by atoms with van der Waals surface area (Å²) in [6, 6.07) is 44.3. The Hall–Kier alpha value is -4.56. The Kier molecular flexibility index (Phi) is 13.8. The Morgan fingerprint density at radius 3 is 1.93 bits per heavy atom. The van der Waals surface area contributed by atoms with Crippen LogP contribution in [-0.2, 0) is 20.9 Å². The average molecular weight is 1130 g/mol. The highest BCUT2D eigenvalue weighted by molar-refractivity contribution is 14.1. The van der Waals surface area contributed by atoms with Crippen molar-refractivity contribution >= 4 is 105 Å². The zero-order valence-corrected chi connectivity index (χ0v) is 44.3. The van der Waals surface area contributed by atoms with Gasteiger partial charge in [-0.3, -0.25) is 4.55 Å². The summed E-state index contributed by atoms with van der Waals surface area (Å²) in [7, 11) is -4.05. The molecular formula is C58H60I2N3O3S+. The van der Waals surface area contributed by atoms with Crippen molar-refractivity contribution in [1.82, 2.24) is 0 Å². The normalized spacial score (nSPS) is 17.8. The number of allylic oxidation sites excluding steroid dienone is 7. The standard InChI is InChI=1S/C58H59I2N3O3S/c1-6-7-12-37-61-50-33-21-40-15-8-10-17-48(40)54(50)57(2,3)52(61)35-23-42-19-20-43(56(42)63(46-29-25-44(59)26-30-46)47-31-27-45(60)28-32-47)24-36-53-58(4,5)55-49-18-11-9-16-41(49)22-34-51(55)62(53)38-13-14-39-67(64,65)66/h8-11,15-18,21-36H,6-7,12-14,19-20,37-39H2,1-5H3/p+1. The molecule has 67 heavy (non-hydrogen) atoms. The maximum Gasteiger partial charge on any atom is 0.264 e. The smallest absolute Gasteiger partial charge is 0.264 e. The Bertz CT molecular complexity index is 3100. The molecule has 0 radical (unpaired) electrons. The number of rotatable bonds is 15. The van der Waals surface area contributed by atoms with Crippen LogP contribution in [0.5, 0.6) is 0 Å². The number of benzene rings is 6. The molecule has 0 spiro atoms. The Morgan fingerprint density at radius 2 is 1.30 bits per heavy atom. The van der Waals surface area contributed by atoms with E-state index < -0.39 is 10.1 Å². The van der Waals surface area contributed by atoms with Gasteiger partial charge in [-0.2, -0.15) is 13.0 Å². The van der Waals surface area contributed by atoms with Crippen LogP contribution in [0.1, 0.15) is 90.7 Å². The van der Waals surface area contributed by atoms with Crippen LogP contribution in [-0.4, -0.2) is 42.1 Å². The first-order chi connectivity index (χ1) is 32.2. The predicted octanol–water partition coefficient (Wildman–Crippen LogP) is 15.5. The molecule has 0 saturated heterocycles. The minimum atomic E-state index is -4.05. The zero-order chi connectivity index (χ0) is 47.1. The topological polar surface area (TPSA) is 63.9 Å². The fourth-order valence-corrected chi connectivity index (χ4v) is 12.2. The van der Waals surface area contributed by atoms with E-state index in [0.717, 1.165) is 42.9 Å². The summed E-state index contributed by atoms with van der Waals surface area (Å²) < 4.78 is 38.1. The molecule has 3 aliphatic rings. The van der Waals surface area contributed by atoms with E-state index in [9.17, 15) is 13.0 Å². The molecule has 0 saturated carbocycles. The van der Waals surface area contributed by atoms with Gasteiger partial charge in [0.25, 0.3) is 10.1 Å². The Labute approximate surface area is 424 Å². The van der Waals surface area contributed by atoms with Crippen molar-refractivity contribution in [3.05, 3.63) is 186 Å². The number of hydrogen-bond acceptors (Lipinski definition) is 4. The SMILES string of the molecule is CCCCC[N+]1=C(/C=C/C2=C(N(c3ccc(I)cc3)c3ccc(I)cc3)C(=C/C=C3/N(CCCCS(=O)(=O)O)c4ccc5ccccc5c4C3(C)C)/CC2)C(C)(C)c2c1ccc1ccccc21. The van der Waals surface area contributed by atoms with Gasteiger partial charge in [0.2, 0.25) is 5.69 Å². The van der Waals surface area contributed by atoms with Gasteiger partial charge in [-0.1, -0.05) is 93.9 Å². The molecule has 0 bridgehead atoms. The van der Waals surface area contributed by atoms with E-state index in [1.54, 1.807) is 0 Å². The van der Waals surface area contributed by atoms with E-state index in [2.05, 4.69) is 240 Å². The maximum atomic E-state index is 11.8. The monoisotopic (exact) mass is 1130 g/mol. The predicted molar refractivity (Wildman–Crippen MR) is 298 cm³/mol. The van der Waals surface area contributed by atoms with Gasteiger partial charge in [-0.15, -0.1) is 0 Å². The second kappa shape index (κ2) is 19.4. The highest BCUT2D eigenvalue weighted by Crippen LogP contribution is 2.52. The van der Waals surface area contributed by atoms with Crippen LogP contribution in [0.3, 0.4) is 0 Å². The summed E-state index contributed by atoms with van der Waals surface area (Å²) in [5, 5.41) is 5.04. The zero-order valence-electron chi connectivity index (χ0n) is 39.2. The highest BCUT2D eigenvalue weighted by atomic mass is 127. The number of anilines is 3. The molecule has 0 atom stereocenters. The van der Waals surface area contributed by atoms with Crippen molar-refractivity contribution in [2.75, 3.05) is 28.6 Å². The Balaban J connectivity index is 1.21. The third-order valence-corrected chi connectivity index (χ3v) is 16.3. The summed E-state index contributed by atoms with van der Waals surface area (Å²) in [6.07, 6.45) is 15.8. The van der Waals surface area contributed by atoms with Crippen molar-refractivity contribution in [3.8, 4) is 0 Å². The van der Waals surface area contributed by atoms with Gasteiger partial charge in [-0.05, 0) is 196 Å². The first-order valence-corrected chi connectivity index (χ1v) is 27.5. The fraction of sp³-hybridized carbons (Fsp3) is 0.293. The molecule has 1 aliphatic carbocycles. The third-order valence-electron chi connectivity index (χ3n) is 14.1. The largest absolute Gasteiger partial charge is 0.344 e. The van der Waals surface area contributed by atoms with E-state index in [1.807, 2.05) is 0 Å². The highest BCUT2D eigenvalue weighted by Gasteiger charge is 2.46. The number of fused-ring (bicyclic) bond motifs is 6. The van der Waals surface area contributed by atoms with E-state index in [0.29, 0.717) is 19.4 Å². The van der Waals surface area contributed by atoms with Gasteiger partial charge >= 0.3 is 0 Å². The second-order valence-electron chi connectivity index (χ2n) is 19.2. The molecule has 0 amide bonds. The summed E-state index contributed by atoms with van der Waals surface area (Å²) >= 11 is 4.79. The van der Waals surface area contributed by atoms with Crippen molar-refractivity contribution < 1.29 is 17.5 Å².